The van der Waals surface area contributed by atoms with E-state index in [1.807, 2.05) is 86.6 Å². The van der Waals surface area contributed by atoms with Gasteiger partial charge in [0.1, 0.15) is 0 Å². The molecule has 14 nitrogen and oxygen atoms in total. The number of benzene rings is 4. The first kappa shape index (κ1) is 48.6. The Hall–Kier alpha value is -7.40. The molecule has 0 bridgehead atoms. The highest BCUT2D eigenvalue weighted by atomic mass is 79.9. The van der Waals surface area contributed by atoms with Gasteiger partial charge in [0.25, 0.3) is 23.6 Å². The molecule has 0 aliphatic carbocycles. The second-order valence-corrected chi connectivity index (χ2v) is 15.5. The van der Waals surface area contributed by atoms with Crippen molar-refractivity contribution in [3.05, 3.63) is 184 Å². The molecule has 0 aliphatic rings. The van der Waals surface area contributed by atoms with Gasteiger partial charge in [-0.3, -0.25) is 19.2 Å². The quantitative estimate of drug-likeness (QED) is 0.118. The van der Waals surface area contributed by atoms with Gasteiger partial charge in [0, 0.05) is 79.8 Å². The predicted molar refractivity (Wildman–Crippen MR) is 261 cm³/mol. The van der Waals surface area contributed by atoms with Gasteiger partial charge in [0.05, 0.1) is 27.9 Å². The highest BCUT2D eigenvalue weighted by Crippen LogP contribution is 2.27. The number of carbonyl (C=O) groups excluding carboxylic acids is 4. The monoisotopic (exact) mass is 936 g/mol. The van der Waals surface area contributed by atoms with Gasteiger partial charge in [-0.15, -0.1) is 0 Å². The van der Waals surface area contributed by atoms with Gasteiger partial charge in [0.2, 0.25) is 0 Å². The molecule has 0 saturated heterocycles. The summed E-state index contributed by atoms with van der Waals surface area (Å²) in [6.07, 6.45) is 7.06. The van der Waals surface area contributed by atoms with Crippen LogP contribution in [0.25, 0.3) is 22.2 Å². The van der Waals surface area contributed by atoms with Crippen molar-refractivity contribution < 1.29 is 29.2 Å². The van der Waals surface area contributed by atoms with Gasteiger partial charge >= 0.3 is 7.12 Å². The number of fused-ring (bicyclic) bond motifs is 2. The zero-order valence-electron chi connectivity index (χ0n) is 36.0. The lowest BCUT2D eigenvalue weighted by molar-refractivity contribution is 0.0955. The molecule has 0 atom stereocenters. The molecule has 0 aliphatic heterocycles. The maximum atomic E-state index is 13.0. The molecular formula is C49H50BBrN8O6. The lowest BCUT2D eigenvalue weighted by atomic mass is 9.80. The van der Waals surface area contributed by atoms with E-state index in [1.54, 1.807) is 89.0 Å². The molecule has 332 valence electrons. The summed E-state index contributed by atoms with van der Waals surface area (Å²) < 4.78 is 4.34. The summed E-state index contributed by atoms with van der Waals surface area (Å²) in [6.45, 7) is 4.04. The molecule has 16 heteroatoms. The topological polar surface area (TPSA) is 174 Å². The van der Waals surface area contributed by atoms with Crippen LogP contribution in [0.2, 0.25) is 0 Å². The zero-order valence-corrected chi connectivity index (χ0v) is 37.6. The summed E-state index contributed by atoms with van der Waals surface area (Å²) in [7, 11) is 5.21. The normalized spacial score (nSPS) is 10.4. The Labute approximate surface area is 386 Å². The fourth-order valence-electron chi connectivity index (χ4n) is 6.47. The first-order valence-corrected chi connectivity index (χ1v) is 20.8. The fraction of sp³-hybridized carbons (Fsp3) is 0.143. The van der Waals surface area contributed by atoms with Crippen molar-refractivity contribution in [3.63, 3.8) is 0 Å². The van der Waals surface area contributed by atoms with Crippen LogP contribution >= 0.6 is 15.9 Å². The minimum atomic E-state index is -1.49. The number of hydrogen-bond acceptors (Lipinski definition) is 8. The smallest absolute Gasteiger partial charge is 0.423 e. The van der Waals surface area contributed by atoms with E-state index in [2.05, 4.69) is 36.8 Å². The van der Waals surface area contributed by atoms with Gasteiger partial charge in [-0.2, -0.15) is 10.2 Å². The number of carbonyl (C=O) groups is 4. The van der Waals surface area contributed by atoms with Crippen LogP contribution < -0.4 is 25.9 Å². The number of nitrogens with zero attached hydrogens (tertiary/aromatic N) is 6. The summed E-state index contributed by atoms with van der Waals surface area (Å²) in [5.41, 5.74) is 10.2. The number of nitrogens with one attached hydrogen (secondary N) is 2. The van der Waals surface area contributed by atoms with E-state index < -0.39 is 7.12 Å². The zero-order chi connectivity index (χ0) is 46.1. The summed E-state index contributed by atoms with van der Waals surface area (Å²) in [5.74, 6) is -0.467. The van der Waals surface area contributed by atoms with Gasteiger partial charge in [-0.1, -0.05) is 67.1 Å². The van der Waals surface area contributed by atoms with Crippen molar-refractivity contribution in [1.82, 2.24) is 29.9 Å². The summed E-state index contributed by atoms with van der Waals surface area (Å²) in [6, 6.07) is 36.3. The van der Waals surface area contributed by atoms with Crippen LogP contribution in [0.5, 0.6) is 0 Å². The van der Waals surface area contributed by atoms with Crippen LogP contribution in [0.3, 0.4) is 0 Å². The van der Waals surface area contributed by atoms with E-state index in [9.17, 15) is 19.2 Å². The van der Waals surface area contributed by atoms with Crippen molar-refractivity contribution in [1.29, 1.82) is 0 Å². The Morgan fingerprint density at radius 3 is 1.45 bits per heavy atom. The maximum absolute atomic E-state index is 13.0. The number of rotatable bonds is 8. The van der Waals surface area contributed by atoms with Crippen LogP contribution in [0, 0.1) is 13.8 Å². The van der Waals surface area contributed by atoms with Crippen molar-refractivity contribution in [3.8, 4) is 11.1 Å². The molecule has 0 radical (unpaired) electrons. The first-order valence-electron chi connectivity index (χ1n) is 20.0. The molecule has 65 heavy (non-hydrogen) atoms. The van der Waals surface area contributed by atoms with Gasteiger partial charge in [0.15, 0.2) is 0 Å². The first-order chi connectivity index (χ1) is 30.7. The Morgan fingerprint density at radius 1 is 0.585 bits per heavy atom. The van der Waals surface area contributed by atoms with Crippen molar-refractivity contribution in [2.75, 3.05) is 38.0 Å². The van der Waals surface area contributed by atoms with E-state index in [0.717, 1.165) is 43.6 Å². The van der Waals surface area contributed by atoms with E-state index >= 15 is 0 Å². The number of amides is 4. The van der Waals surface area contributed by atoms with Crippen LogP contribution in [-0.4, -0.2) is 88.2 Å². The van der Waals surface area contributed by atoms with E-state index in [-0.39, 0.29) is 31.1 Å². The molecular weight excluding hydrogens is 887 g/mol. The van der Waals surface area contributed by atoms with Crippen molar-refractivity contribution >= 4 is 74.5 Å². The Kier molecular flexibility index (Phi) is 16.3. The number of hydrogen-bond donors (Lipinski definition) is 4. The molecule has 0 unspecified atom stereocenters. The van der Waals surface area contributed by atoms with E-state index in [1.165, 1.54) is 36.9 Å². The minimum Gasteiger partial charge on any atom is -0.423 e. The Bertz CT molecular complexity index is 2920. The SMILES string of the molecule is C.CNC(=O)c1ccc(-c2cnn3ccc(C(=O)N(C)c4ccc(C)cc4)cc23)cc1.CNC(=O)c1ccc(B(O)O)cc1.Cc1ccc(N(C)C(=O)c2ccn3ncc(Br)c3c2)cc1. The molecule has 8 aromatic rings. The van der Waals surface area contributed by atoms with Crippen LogP contribution in [0.1, 0.15) is 60.0 Å². The highest BCUT2D eigenvalue weighted by molar-refractivity contribution is 9.10. The predicted octanol–water partition coefficient (Wildman–Crippen LogP) is 6.99. The Balaban J connectivity index is 0.000000197. The van der Waals surface area contributed by atoms with E-state index in [0.29, 0.717) is 27.7 Å². The maximum Gasteiger partial charge on any atom is 0.488 e. The number of pyridine rings is 2. The van der Waals surface area contributed by atoms with Crippen LogP contribution in [0.4, 0.5) is 11.4 Å². The number of halogens is 1. The molecule has 4 heterocycles. The average molecular weight is 938 g/mol. The molecule has 4 aromatic carbocycles. The van der Waals surface area contributed by atoms with Gasteiger partial charge < -0.3 is 30.5 Å². The lowest BCUT2D eigenvalue weighted by Gasteiger charge is -2.17. The molecule has 0 saturated carbocycles. The minimum absolute atomic E-state index is 0. The number of aryl methyl sites for hydroxylation is 2. The third-order valence-corrected chi connectivity index (χ3v) is 10.9. The van der Waals surface area contributed by atoms with Gasteiger partial charge in [-0.05, 0) is 114 Å². The van der Waals surface area contributed by atoms with Crippen LogP contribution in [0.15, 0.2) is 151 Å². The van der Waals surface area contributed by atoms with Crippen LogP contribution in [-0.2, 0) is 0 Å². The summed E-state index contributed by atoms with van der Waals surface area (Å²) in [5, 5.41) is 31.2. The van der Waals surface area contributed by atoms with E-state index in [4.69, 9.17) is 10.0 Å². The van der Waals surface area contributed by atoms with Gasteiger partial charge in [-0.25, -0.2) is 9.03 Å². The number of anilines is 2. The number of aromatic nitrogens is 4. The second-order valence-electron chi connectivity index (χ2n) is 14.7. The van der Waals surface area contributed by atoms with Crippen molar-refractivity contribution in [2.24, 2.45) is 0 Å². The molecule has 0 fully saturated rings. The molecule has 4 amide bonds. The lowest BCUT2D eigenvalue weighted by Crippen LogP contribution is -2.30. The highest BCUT2D eigenvalue weighted by Gasteiger charge is 2.18. The summed E-state index contributed by atoms with van der Waals surface area (Å²) in [4.78, 5) is 51.8. The fourth-order valence-corrected chi connectivity index (χ4v) is 6.86. The third kappa shape index (κ3) is 11.6. The summed E-state index contributed by atoms with van der Waals surface area (Å²) >= 11 is 3.43. The molecule has 4 aromatic heterocycles. The second kappa shape index (κ2) is 21.8. The van der Waals surface area contributed by atoms with Crippen molar-refractivity contribution in [2.45, 2.75) is 21.3 Å². The molecule has 4 N–H and O–H groups in total. The molecule has 0 spiro atoms. The average Bonchev–Trinajstić information content (AvgIpc) is 3.93. The molecule has 8 rings (SSSR count). The third-order valence-electron chi connectivity index (χ3n) is 10.3. The standard InChI is InChI=1S/C24H22N4O2.C16H14BrN3O.C8H10BNO3.CH4/c1-16-4-10-20(11-5-16)27(3)24(30)19-12-13-28-22(14-19)21(15-26-28)17-6-8-18(9-7-17)23(29)25-2;1-11-3-5-13(6-4-11)19(2)16(21)12-7-8-20-15(9-12)14(17)10-18-20;1-10-8(11)6-2-4-7(5-3-6)9(12)13;/h4-15H,1-3H3,(H,25,29);3-10H,1-2H3;2-5,12-13H,1H3,(H,10,11);1H4. The Morgan fingerprint density at radius 2 is 1.00 bits per heavy atom. The largest absolute Gasteiger partial charge is 0.488 e.